The molecule has 1 aliphatic heterocycles. The highest BCUT2D eigenvalue weighted by Crippen LogP contribution is 2.34. The highest BCUT2D eigenvalue weighted by atomic mass is 35.5. The molecule has 2 amide bonds. The van der Waals surface area contributed by atoms with Gasteiger partial charge in [0.05, 0.1) is 6.04 Å². The summed E-state index contributed by atoms with van der Waals surface area (Å²) in [5, 5.41) is 6.51. The van der Waals surface area contributed by atoms with Crippen molar-refractivity contribution in [2.45, 2.75) is 32.7 Å². The molecule has 1 aliphatic rings. The molecule has 1 atom stereocenters. The number of rotatable bonds is 8. The van der Waals surface area contributed by atoms with Crippen molar-refractivity contribution in [3.63, 3.8) is 0 Å². The lowest BCUT2D eigenvalue weighted by atomic mass is 9.95. The van der Waals surface area contributed by atoms with Gasteiger partial charge in [-0.2, -0.15) is 0 Å². The van der Waals surface area contributed by atoms with Gasteiger partial charge < -0.3 is 20.1 Å². The van der Waals surface area contributed by atoms with Crippen molar-refractivity contribution in [1.29, 1.82) is 0 Å². The number of hydrogen-bond acceptors (Lipinski definition) is 4. The average Bonchev–Trinajstić information content (AvgIpc) is 2.75. The molecule has 0 saturated heterocycles. The predicted octanol–water partition coefficient (Wildman–Crippen LogP) is 4.13. The Labute approximate surface area is 181 Å². The lowest BCUT2D eigenvalue weighted by Gasteiger charge is -2.25. The summed E-state index contributed by atoms with van der Waals surface area (Å²) in [6.07, 6.45) is 0.881. The van der Waals surface area contributed by atoms with Crippen LogP contribution in [-0.4, -0.2) is 31.6 Å². The van der Waals surface area contributed by atoms with Gasteiger partial charge in [-0.3, -0.25) is 9.59 Å². The molecule has 2 aromatic rings. The normalized spacial score (nSPS) is 13.6. The monoisotopic (exact) mass is 430 g/mol. The van der Waals surface area contributed by atoms with Crippen LogP contribution >= 0.6 is 11.6 Å². The lowest BCUT2D eigenvalue weighted by molar-refractivity contribution is -0.122. The summed E-state index contributed by atoms with van der Waals surface area (Å²) in [5.41, 5.74) is 1.53. The third kappa shape index (κ3) is 5.89. The van der Waals surface area contributed by atoms with Crippen molar-refractivity contribution in [3.8, 4) is 11.5 Å². The number of carbonyl (C=O) groups is 2. The third-order valence-electron chi connectivity index (χ3n) is 4.88. The maximum atomic E-state index is 12.5. The molecule has 6 nitrogen and oxygen atoms in total. The van der Waals surface area contributed by atoms with Crippen molar-refractivity contribution in [2.75, 3.05) is 19.8 Å². The first kappa shape index (κ1) is 22.0. The van der Waals surface area contributed by atoms with Crippen LogP contribution < -0.4 is 20.1 Å². The van der Waals surface area contributed by atoms with Crippen molar-refractivity contribution >= 4 is 23.4 Å². The average molecular weight is 431 g/mol. The van der Waals surface area contributed by atoms with Crippen LogP contribution in [-0.2, 0) is 4.79 Å². The van der Waals surface area contributed by atoms with Gasteiger partial charge in [0, 0.05) is 23.6 Å². The number of fused-ring (bicyclic) bond motifs is 1. The van der Waals surface area contributed by atoms with Gasteiger partial charge in [-0.05, 0) is 54.3 Å². The lowest BCUT2D eigenvalue weighted by Crippen LogP contribution is -2.32. The summed E-state index contributed by atoms with van der Waals surface area (Å²) < 4.78 is 11.2. The van der Waals surface area contributed by atoms with E-state index >= 15 is 0 Å². The van der Waals surface area contributed by atoms with Crippen LogP contribution in [0.2, 0.25) is 5.02 Å². The van der Waals surface area contributed by atoms with Gasteiger partial charge in [-0.25, -0.2) is 0 Å². The summed E-state index contributed by atoms with van der Waals surface area (Å²) in [6.45, 7) is 5.62. The number of carbonyl (C=O) groups excluding carboxylic acids is 2. The minimum atomic E-state index is -0.177. The molecule has 2 N–H and O–H groups in total. The van der Waals surface area contributed by atoms with Gasteiger partial charge in [-0.15, -0.1) is 0 Å². The molecule has 0 bridgehead atoms. The van der Waals surface area contributed by atoms with Crippen LogP contribution in [0.1, 0.15) is 48.7 Å². The molecule has 30 heavy (non-hydrogen) atoms. The van der Waals surface area contributed by atoms with E-state index < -0.39 is 0 Å². The standard InChI is InChI=1S/C23H27ClN2O4/c1-15(2)22(17-7-10-19-20(14-17)30-13-12-29-19)26-21(27)4-3-11-25-23(28)16-5-8-18(24)9-6-16/h5-10,14-15,22H,3-4,11-13H2,1-2H3,(H,25,28)(H,26,27). The zero-order valence-electron chi connectivity index (χ0n) is 17.2. The van der Waals surface area contributed by atoms with E-state index in [-0.39, 0.29) is 23.8 Å². The minimum absolute atomic E-state index is 0.0515. The van der Waals surface area contributed by atoms with E-state index in [9.17, 15) is 9.59 Å². The van der Waals surface area contributed by atoms with Gasteiger partial charge in [0.25, 0.3) is 5.91 Å². The molecule has 160 valence electrons. The van der Waals surface area contributed by atoms with Crippen LogP contribution in [0.3, 0.4) is 0 Å². The maximum Gasteiger partial charge on any atom is 0.251 e. The Morgan fingerprint density at radius 1 is 1.03 bits per heavy atom. The highest BCUT2D eigenvalue weighted by Gasteiger charge is 2.21. The zero-order valence-corrected chi connectivity index (χ0v) is 18.0. The Kier molecular flexibility index (Phi) is 7.57. The van der Waals surface area contributed by atoms with Crippen LogP contribution in [0, 0.1) is 5.92 Å². The Balaban J connectivity index is 1.48. The number of benzene rings is 2. The van der Waals surface area contributed by atoms with E-state index in [4.69, 9.17) is 21.1 Å². The number of hydrogen-bond donors (Lipinski definition) is 2. The number of amides is 2. The van der Waals surface area contributed by atoms with E-state index in [1.165, 1.54) is 0 Å². The molecule has 7 heteroatoms. The molecule has 0 aromatic heterocycles. The molecule has 2 aromatic carbocycles. The van der Waals surface area contributed by atoms with Gasteiger partial charge in [0.15, 0.2) is 11.5 Å². The van der Waals surface area contributed by atoms with E-state index in [1.54, 1.807) is 24.3 Å². The molecule has 0 spiro atoms. The van der Waals surface area contributed by atoms with E-state index in [0.717, 1.165) is 11.3 Å². The molecule has 0 aliphatic carbocycles. The first-order valence-electron chi connectivity index (χ1n) is 10.2. The smallest absolute Gasteiger partial charge is 0.251 e. The van der Waals surface area contributed by atoms with Crippen molar-refractivity contribution < 1.29 is 19.1 Å². The first-order chi connectivity index (χ1) is 14.4. The van der Waals surface area contributed by atoms with Gasteiger partial charge >= 0.3 is 0 Å². The van der Waals surface area contributed by atoms with Crippen molar-refractivity contribution in [3.05, 3.63) is 58.6 Å². The molecule has 0 saturated carbocycles. The van der Waals surface area contributed by atoms with Crippen LogP contribution in [0.15, 0.2) is 42.5 Å². The number of halogens is 1. The fourth-order valence-electron chi connectivity index (χ4n) is 3.29. The summed E-state index contributed by atoms with van der Waals surface area (Å²) in [7, 11) is 0. The Morgan fingerprint density at radius 2 is 1.73 bits per heavy atom. The van der Waals surface area contributed by atoms with Gasteiger partial charge in [-0.1, -0.05) is 31.5 Å². The maximum absolute atomic E-state index is 12.5. The van der Waals surface area contributed by atoms with Crippen LogP contribution in [0.5, 0.6) is 11.5 Å². The molecule has 3 rings (SSSR count). The van der Waals surface area contributed by atoms with Crippen molar-refractivity contribution in [2.24, 2.45) is 5.92 Å². The fourth-order valence-corrected chi connectivity index (χ4v) is 3.41. The topological polar surface area (TPSA) is 76.7 Å². The first-order valence-corrected chi connectivity index (χ1v) is 10.5. The van der Waals surface area contributed by atoms with Gasteiger partial charge in [0.2, 0.25) is 5.91 Å². The SMILES string of the molecule is CC(C)C(NC(=O)CCCNC(=O)c1ccc(Cl)cc1)c1ccc2c(c1)OCCO2. The largest absolute Gasteiger partial charge is 0.486 e. The summed E-state index contributed by atoms with van der Waals surface area (Å²) in [4.78, 5) is 24.6. The number of ether oxygens (including phenoxy) is 2. The summed E-state index contributed by atoms with van der Waals surface area (Å²) in [6, 6.07) is 12.4. The molecular weight excluding hydrogens is 404 g/mol. The molecular formula is C23H27ClN2O4. The second-order valence-electron chi connectivity index (χ2n) is 7.56. The Bertz CT molecular complexity index is 883. The fraction of sp³-hybridized carbons (Fsp3) is 0.391. The molecule has 1 heterocycles. The summed E-state index contributed by atoms with van der Waals surface area (Å²) >= 11 is 5.83. The number of nitrogens with one attached hydrogen (secondary N) is 2. The predicted molar refractivity (Wildman–Crippen MR) is 116 cm³/mol. The molecule has 1 unspecified atom stereocenters. The summed E-state index contributed by atoms with van der Waals surface area (Å²) in [5.74, 6) is 1.42. The van der Waals surface area contributed by atoms with E-state index in [0.29, 0.717) is 48.9 Å². The highest BCUT2D eigenvalue weighted by molar-refractivity contribution is 6.30. The van der Waals surface area contributed by atoms with Crippen molar-refractivity contribution in [1.82, 2.24) is 10.6 Å². The third-order valence-corrected chi connectivity index (χ3v) is 5.13. The van der Waals surface area contributed by atoms with Crippen LogP contribution in [0.4, 0.5) is 0 Å². The second-order valence-corrected chi connectivity index (χ2v) is 8.00. The molecule has 0 radical (unpaired) electrons. The van der Waals surface area contributed by atoms with Crippen LogP contribution in [0.25, 0.3) is 0 Å². The minimum Gasteiger partial charge on any atom is -0.486 e. The van der Waals surface area contributed by atoms with Gasteiger partial charge in [0.1, 0.15) is 13.2 Å². The van der Waals surface area contributed by atoms with E-state index in [2.05, 4.69) is 24.5 Å². The Morgan fingerprint density at radius 3 is 2.43 bits per heavy atom. The Hall–Kier alpha value is -2.73. The quantitative estimate of drug-likeness (QED) is 0.617. The zero-order chi connectivity index (χ0) is 21.5. The second kappa shape index (κ2) is 10.3. The van der Waals surface area contributed by atoms with E-state index in [1.807, 2.05) is 18.2 Å². The molecule has 0 fully saturated rings.